The molecule has 0 saturated carbocycles. The van der Waals surface area contributed by atoms with E-state index in [1.165, 1.54) is 16.7 Å². The van der Waals surface area contributed by atoms with E-state index in [4.69, 9.17) is 4.74 Å². The van der Waals surface area contributed by atoms with Crippen molar-refractivity contribution < 1.29 is 4.74 Å². The third-order valence-corrected chi connectivity index (χ3v) is 3.36. The van der Waals surface area contributed by atoms with Gasteiger partial charge in [-0.1, -0.05) is 48.0 Å². The van der Waals surface area contributed by atoms with E-state index in [0.29, 0.717) is 0 Å². The predicted octanol–water partition coefficient (Wildman–Crippen LogP) is 4.74. The standard InChI is InChI=1S/C18H21NO/c1-4-14(2)13-19-17-12-16(10-11-18(17)20-3)15-8-6-5-7-9-15/h4-12,19H,13H2,1-3H3/b14-4-. The Bertz CT molecular complexity index is 588. The molecule has 0 saturated heterocycles. The minimum atomic E-state index is 0.825. The molecule has 0 fully saturated rings. The topological polar surface area (TPSA) is 21.3 Å². The molecular weight excluding hydrogens is 246 g/mol. The van der Waals surface area contributed by atoms with Gasteiger partial charge < -0.3 is 10.1 Å². The summed E-state index contributed by atoms with van der Waals surface area (Å²) in [6, 6.07) is 16.6. The molecule has 0 aromatic heterocycles. The van der Waals surface area contributed by atoms with Crippen LogP contribution in [0.5, 0.6) is 5.75 Å². The van der Waals surface area contributed by atoms with Crippen molar-refractivity contribution >= 4 is 5.69 Å². The summed E-state index contributed by atoms with van der Waals surface area (Å²) < 4.78 is 5.42. The first-order chi connectivity index (χ1) is 9.74. The van der Waals surface area contributed by atoms with E-state index < -0.39 is 0 Å². The van der Waals surface area contributed by atoms with Crippen LogP contribution in [0.1, 0.15) is 13.8 Å². The maximum Gasteiger partial charge on any atom is 0.141 e. The highest BCUT2D eigenvalue weighted by atomic mass is 16.5. The van der Waals surface area contributed by atoms with Gasteiger partial charge >= 0.3 is 0 Å². The SMILES string of the molecule is C/C=C(/C)CNc1cc(-c2ccccc2)ccc1OC. The van der Waals surface area contributed by atoms with E-state index in [0.717, 1.165) is 18.0 Å². The van der Waals surface area contributed by atoms with E-state index in [1.54, 1.807) is 7.11 Å². The van der Waals surface area contributed by atoms with Crippen molar-refractivity contribution in [2.75, 3.05) is 19.0 Å². The molecule has 0 spiro atoms. The van der Waals surface area contributed by atoms with Gasteiger partial charge in [-0.25, -0.2) is 0 Å². The number of benzene rings is 2. The highest BCUT2D eigenvalue weighted by Gasteiger charge is 2.05. The van der Waals surface area contributed by atoms with Crippen LogP contribution in [0.2, 0.25) is 0 Å². The van der Waals surface area contributed by atoms with Gasteiger partial charge in [0.15, 0.2) is 0 Å². The van der Waals surface area contributed by atoms with Crippen LogP contribution < -0.4 is 10.1 Å². The maximum atomic E-state index is 5.42. The predicted molar refractivity (Wildman–Crippen MR) is 86.4 cm³/mol. The summed E-state index contributed by atoms with van der Waals surface area (Å²) >= 11 is 0. The number of hydrogen-bond donors (Lipinski definition) is 1. The van der Waals surface area contributed by atoms with Crippen molar-refractivity contribution in [3.8, 4) is 16.9 Å². The third kappa shape index (κ3) is 3.41. The van der Waals surface area contributed by atoms with Gasteiger partial charge in [0, 0.05) is 6.54 Å². The first-order valence-electron chi connectivity index (χ1n) is 6.83. The lowest BCUT2D eigenvalue weighted by Crippen LogP contribution is -2.04. The average Bonchev–Trinajstić information content (AvgIpc) is 2.53. The molecule has 0 atom stereocenters. The van der Waals surface area contributed by atoms with Crippen molar-refractivity contribution in [3.05, 3.63) is 60.2 Å². The first-order valence-corrected chi connectivity index (χ1v) is 6.83. The van der Waals surface area contributed by atoms with E-state index >= 15 is 0 Å². The van der Waals surface area contributed by atoms with E-state index in [-0.39, 0.29) is 0 Å². The quantitative estimate of drug-likeness (QED) is 0.790. The Balaban J connectivity index is 2.29. The lowest BCUT2D eigenvalue weighted by molar-refractivity contribution is 0.416. The molecule has 2 rings (SSSR count). The largest absolute Gasteiger partial charge is 0.495 e. The number of methoxy groups -OCH3 is 1. The molecule has 0 aliphatic heterocycles. The zero-order chi connectivity index (χ0) is 14.4. The van der Waals surface area contributed by atoms with Gasteiger partial charge in [-0.15, -0.1) is 0 Å². The minimum absolute atomic E-state index is 0.825. The molecule has 2 aromatic rings. The first kappa shape index (κ1) is 14.2. The zero-order valence-electron chi connectivity index (χ0n) is 12.3. The van der Waals surface area contributed by atoms with Gasteiger partial charge in [0.1, 0.15) is 5.75 Å². The Kier molecular flexibility index (Phi) is 4.83. The highest BCUT2D eigenvalue weighted by molar-refractivity contribution is 5.72. The molecule has 0 unspecified atom stereocenters. The van der Waals surface area contributed by atoms with Crippen molar-refractivity contribution in [2.24, 2.45) is 0 Å². The molecule has 0 radical (unpaired) electrons. The second kappa shape index (κ2) is 6.80. The molecule has 2 aromatic carbocycles. The summed E-state index contributed by atoms with van der Waals surface area (Å²) in [7, 11) is 1.70. The summed E-state index contributed by atoms with van der Waals surface area (Å²) in [5.74, 6) is 0.869. The van der Waals surface area contributed by atoms with Gasteiger partial charge in [0.25, 0.3) is 0 Å². The van der Waals surface area contributed by atoms with Crippen LogP contribution in [0.25, 0.3) is 11.1 Å². The molecule has 0 bridgehead atoms. The Morgan fingerprint density at radius 1 is 1.10 bits per heavy atom. The molecule has 2 heteroatoms. The Hall–Kier alpha value is -2.22. The fourth-order valence-corrected chi connectivity index (χ4v) is 1.99. The average molecular weight is 267 g/mol. The molecule has 2 nitrogen and oxygen atoms in total. The van der Waals surface area contributed by atoms with Crippen LogP contribution >= 0.6 is 0 Å². The van der Waals surface area contributed by atoms with Gasteiger partial charge in [-0.3, -0.25) is 0 Å². The summed E-state index contributed by atoms with van der Waals surface area (Å²) in [4.78, 5) is 0. The summed E-state index contributed by atoms with van der Waals surface area (Å²) in [6.45, 7) is 4.99. The number of ether oxygens (including phenoxy) is 1. The Morgan fingerprint density at radius 2 is 1.85 bits per heavy atom. The number of allylic oxidation sites excluding steroid dienone is 1. The lowest BCUT2D eigenvalue weighted by Gasteiger charge is -2.13. The van der Waals surface area contributed by atoms with E-state index in [1.807, 2.05) is 12.1 Å². The van der Waals surface area contributed by atoms with Crippen molar-refractivity contribution in [1.82, 2.24) is 0 Å². The Labute approximate surface area is 121 Å². The molecule has 1 N–H and O–H groups in total. The molecule has 104 valence electrons. The Morgan fingerprint density at radius 3 is 2.50 bits per heavy atom. The van der Waals surface area contributed by atoms with Crippen molar-refractivity contribution in [2.45, 2.75) is 13.8 Å². The molecule has 20 heavy (non-hydrogen) atoms. The van der Waals surface area contributed by atoms with Crippen LogP contribution in [0, 0.1) is 0 Å². The van der Waals surface area contributed by atoms with Gasteiger partial charge in [-0.05, 0) is 37.1 Å². The van der Waals surface area contributed by atoms with Crippen LogP contribution in [0.4, 0.5) is 5.69 Å². The normalized spacial score (nSPS) is 11.2. The number of rotatable bonds is 5. The molecular formula is C18H21NO. The maximum absolute atomic E-state index is 5.42. The number of nitrogens with one attached hydrogen (secondary N) is 1. The minimum Gasteiger partial charge on any atom is -0.495 e. The fourth-order valence-electron chi connectivity index (χ4n) is 1.99. The highest BCUT2D eigenvalue weighted by Crippen LogP contribution is 2.30. The third-order valence-electron chi connectivity index (χ3n) is 3.36. The van der Waals surface area contributed by atoms with Gasteiger partial charge in [0.05, 0.1) is 12.8 Å². The summed E-state index contributed by atoms with van der Waals surface area (Å²) in [6.07, 6.45) is 2.11. The van der Waals surface area contributed by atoms with Crippen molar-refractivity contribution in [3.63, 3.8) is 0 Å². The van der Waals surface area contributed by atoms with Crippen LogP contribution in [-0.2, 0) is 0 Å². The number of anilines is 1. The second-order valence-corrected chi connectivity index (χ2v) is 4.77. The van der Waals surface area contributed by atoms with E-state index in [2.05, 4.69) is 61.6 Å². The summed E-state index contributed by atoms with van der Waals surface area (Å²) in [5.41, 5.74) is 4.72. The summed E-state index contributed by atoms with van der Waals surface area (Å²) in [5, 5.41) is 3.43. The monoisotopic (exact) mass is 267 g/mol. The van der Waals surface area contributed by atoms with Crippen LogP contribution in [-0.4, -0.2) is 13.7 Å². The smallest absolute Gasteiger partial charge is 0.141 e. The van der Waals surface area contributed by atoms with E-state index in [9.17, 15) is 0 Å². The molecule has 0 aliphatic rings. The lowest BCUT2D eigenvalue weighted by atomic mass is 10.0. The molecule has 0 amide bonds. The number of hydrogen-bond acceptors (Lipinski definition) is 2. The molecule has 0 heterocycles. The van der Waals surface area contributed by atoms with Crippen LogP contribution in [0.15, 0.2) is 60.2 Å². The second-order valence-electron chi connectivity index (χ2n) is 4.77. The van der Waals surface area contributed by atoms with Gasteiger partial charge in [0.2, 0.25) is 0 Å². The van der Waals surface area contributed by atoms with Crippen LogP contribution in [0.3, 0.4) is 0 Å². The van der Waals surface area contributed by atoms with Gasteiger partial charge in [-0.2, -0.15) is 0 Å². The fraction of sp³-hybridized carbons (Fsp3) is 0.222. The zero-order valence-corrected chi connectivity index (χ0v) is 12.3. The van der Waals surface area contributed by atoms with Crippen molar-refractivity contribution in [1.29, 1.82) is 0 Å². The molecule has 0 aliphatic carbocycles.